The van der Waals surface area contributed by atoms with E-state index in [9.17, 15) is 16.8 Å². The minimum Gasteiger partial charge on any atom is -0.311 e. The Kier molecular flexibility index (Phi) is 11.6. The summed E-state index contributed by atoms with van der Waals surface area (Å²) in [5.74, 6) is 0.150. The van der Waals surface area contributed by atoms with E-state index in [4.69, 9.17) is 0 Å². The lowest BCUT2D eigenvalue weighted by molar-refractivity contribution is 0.428. The summed E-state index contributed by atoms with van der Waals surface area (Å²) in [4.78, 5) is 0. The first kappa shape index (κ1) is 27.0. The summed E-state index contributed by atoms with van der Waals surface area (Å²) < 4.78 is 47.5. The van der Waals surface area contributed by atoms with Gasteiger partial charge in [0, 0.05) is 44.8 Å². The molecule has 0 bridgehead atoms. The monoisotopic (exact) mass is 402 g/mol. The Morgan fingerprint density at radius 2 is 1.16 bits per heavy atom. The topological polar surface area (TPSA) is 108 Å². The molecule has 0 amide bonds. The van der Waals surface area contributed by atoms with Crippen LogP contribution in [0.2, 0.25) is 0 Å². The highest BCUT2D eigenvalue weighted by molar-refractivity contribution is 7.89. The second kappa shape index (κ2) is 10.8. The normalized spacial score (nSPS) is 13.5. The molecule has 0 aliphatic carbocycles. The first-order valence-corrected chi connectivity index (χ1v) is 11.7. The molecule has 3 N–H and O–H groups in total. The summed E-state index contributed by atoms with van der Waals surface area (Å²) in [5.41, 5.74) is 0.0149. The van der Waals surface area contributed by atoms with Crippen LogP contribution in [0.4, 0.5) is 0 Å². The molecule has 0 aromatic heterocycles. The average Bonchev–Trinajstić information content (AvgIpc) is 2.31. The van der Waals surface area contributed by atoms with E-state index in [0.717, 1.165) is 6.26 Å². The van der Waals surface area contributed by atoms with Crippen LogP contribution in [0.25, 0.3) is 0 Å². The quantitative estimate of drug-likeness (QED) is 0.500. The lowest BCUT2D eigenvalue weighted by Gasteiger charge is -2.21. The van der Waals surface area contributed by atoms with Crippen molar-refractivity contribution < 1.29 is 16.8 Å². The molecule has 25 heavy (non-hydrogen) atoms. The molecular weight excluding hydrogens is 364 g/mol. The van der Waals surface area contributed by atoms with Gasteiger partial charge in [0.25, 0.3) is 0 Å². The highest BCUT2D eigenvalue weighted by atomic mass is 32.2. The molecular formula is C15H38N4O4S2. The van der Waals surface area contributed by atoms with Gasteiger partial charge in [-0.3, -0.25) is 0 Å². The second-order valence-electron chi connectivity index (χ2n) is 8.12. The fourth-order valence-corrected chi connectivity index (χ4v) is 2.61. The van der Waals surface area contributed by atoms with Gasteiger partial charge in [-0.1, -0.05) is 0 Å². The van der Waals surface area contributed by atoms with E-state index >= 15 is 0 Å². The Balaban J connectivity index is 0. The third kappa shape index (κ3) is 21.7. The summed E-state index contributed by atoms with van der Waals surface area (Å²) in [6.45, 7) is 13.7. The molecule has 10 heteroatoms. The smallest absolute Gasteiger partial charge is 0.214 e. The minimum atomic E-state index is -3.05. The summed E-state index contributed by atoms with van der Waals surface area (Å²) in [7, 11) is -2.99. The van der Waals surface area contributed by atoms with Gasteiger partial charge in [0.2, 0.25) is 20.0 Å². The first-order chi connectivity index (χ1) is 10.9. The fourth-order valence-electron chi connectivity index (χ4n) is 1.41. The van der Waals surface area contributed by atoms with Crippen molar-refractivity contribution in [1.29, 1.82) is 0 Å². The van der Waals surface area contributed by atoms with Crippen LogP contribution in [-0.4, -0.2) is 78.0 Å². The van der Waals surface area contributed by atoms with E-state index in [2.05, 4.69) is 15.4 Å². The van der Waals surface area contributed by atoms with Crippen LogP contribution in [0.15, 0.2) is 0 Å². The minimum absolute atomic E-state index is 0.0260. The van der Waals surface area contributed by atoms with Crippen LogP contribution < -0.4 is 15.4 Å². The second-order valence-corrected chi connectivity index (χ2v) is 12.3. The maximum atomic E-state index is 11.3. The fraction of sp³-hybridized carbons (Fsp3) is 1.00. The largest absolute Gasteiger partial charge is 0.311 e. The number of hydrogen-bond donors (Lipinski definition) is 3. The van der Waals surface area contributed by atoms with Gasteiger partial charge in [0.1, 0.15) is 0 Å². The first-order valence-electron chi connectivity index (χ1n) is 8.21. The van der Waals surface area contributed by atoms with E-state index in [1.54, 1.807) is 14.1 Å². The van der Waals surface area contributed by atoms with Gasteiger partial charge < -0.3 is 10.6 Å². The van der Waals surface area contributed by atoms with E-state index in [0.29, 0.717) is 19.6 Å². The van der Waals surface area contributed by atoms with E-state index in [1.165, 1.54) is 4.31 Å². The molecule has 8 nitrogen and oxygen atoms in total. The molecule has 0 aliphatic heterocycles. The zero-order valence-corrected chi connectivity index (χ0v) is 18.9. The van der Waals surface area contributed by atoms with Crippen molar-refractivity contribution in [3.05, 3.63) is 0 Å². The summed E-state index contributed by atoms with van der Waals surface area (Å²) in [6, 6.07) is 0. The molecule has 0 aliphatic rings. The van der Waals surface area contributed by atoms with Crippen LogP contribution in [0, 0.1) is 0 Å². The van der Waals surface area contributed by atoms with Crippen LogP contribution in [0.3, 0.4) is 0 Å². The van der Waals surface area contributed by atoms with Gasteiger partial charge in [-0.15, -0.1) is 0 Å². The van der Waals surface area contributed by atoms with Crippen molar-refractivity contribution in [2.24, 2.45) is 0 Å². The summed E-state index contributed by atoms with van der Waals surface area (Å²) in [6.07, 6.45) is 1.16. The van der Waals surface area contributed by atoms with Gasteiger partial charge in [-0.2, -0.15) is 0 Å². The Labute approximate surface area is 155 Å². The van der Waals surface area contributed by atoms with Crippen molar-refractivity contribution in [2.45, 2.75) is 52.6 Å². The number of hydrogen-bond acceptors (Lipinski definition) is 6. The van der Waals surface area contributed by atoms with Crippen LogP contribution in [0.5, 0.6) is 0 Å². The molecule has 0 saturated heterocycles. The number of sulfonamides is 2. The molecule has 154 valence electrons. The standard InChI is InChI=1S/C8H20N2O2S.C7H18N2O2S/c1-8(2,3)9-6-7-13(11,12)10(4)5;1-7(2,3)8-5-6-9-12(4,10)11/h9H,6-7H2,1-5H3;8-9H,5-6H2,1-4H3. The average molecular weight is 403 g/mol. The zero-order chi connectivity index (χ0) is 20.5. The van der Waals surface area contributed by atoms with Gasteiger partial charge in [0.05, 0.1) is 12.0 Å². The SMILES string of the molecule is CC(C)(C)NCCNS(C)(=O)=O.CN(C)S(=O)(=O)CCNC(C)(C)C. The Morgan fingerprint density at radius 1 is 0.760 bits per heavy atom. The third-order valence-electron chi connectivity index (χ3n) is 2.72. The zero-order valence-electron chi connectivity index (χ0n) is 17.2. The van der Waals surface area contributed by atoms with Crippen LogP contribution in [-0.2, 0) is 20.0 Å². The molecule has 0 fully saturated rings. The highest BCUT2D eigenvalue weighted by Crippen LogP contribution is 1.99. The van der Waals surface area contributed by atoms with Crippen molar-refractivity contribution in [3.63, 3.8) is 0 Å². The van der Waals surface area contributed by atoms with Crippen molar-refractivity contribution in [2.75, 3.05) is 45.7 Å². The number of nitrogens with zero attached hydrogens (tertiary/aromatic N) is 1. The van der Waals surface area contributed by atoms with Crippen molar-refractivity contribution in [3.8, 4) is 0 Å². The van der Waals surface area contributed by atoms with Gasteiger partial charge in [-0.05, 0) is 41.5 Å². The van der Waals surface area contributed by atoms with Gasteiger partial charge >= 0.3 is 0 Å². The molecule has 0 aromatic rings. The number of rotatable bonds is 8. The summed E-state index contributed by atoms with van der Waals surface area (Å²) >= 11 is 0. The predicted octanol–water partition coefficient (Wildman–Crippen LogP) is 0.190. The Hall–Kier alpha value is -0.260. The Morgan fingerprint density at radius 3 is 1.48 bits per heavy atom. The van der Waals surface area contributed by atoms with Crippen molar-refractivity contribution >= 4 is 20.0 Å². The molecule has 0 saturated carbocycles. The summed E-state index contributed by atoms with van der Waals surface area (Å²) in [5, 5.41) is 6.29. The van der Waals surface area contributed by atoms with E-state index in [-0.39, 0.29) is 16.8 Å². The highest BCUT2D eigenvalue weighted by Gasteiger charge is 2.15. The van der Waals surface area contributed by atoms with Crippen molar-refractivity contribution in [1.82, 2.24) is 19.7 Å². The molecule has 0 spiro atoms. The van der Waals surface area contributed by atoms with Gasteiger partial charge in [0.15, 0.2) is 0 Å². The molecule has 0 aromatic carbocycles. The molecule has 0 rings (SSSR count). The number of nitrogens with one attached hydrogen (secondary N) is 3. The maximum absolute atomic E-state index is 11.3. The predicted molar refractivity (Wildman–Crippen MR) is 106 cm³/mol. The van der Waals surface area contributed by atoms with E-state index < -0.39 is 20.0 Å². The molecule has 0 unspecified atom stereocenters. The maximum Gasteiger partial charge on any atom is 0.214 e. The molecule has 0 atom stereocenters. The van der Waals surface area contributed by atoms with Crippen LogP contribution >= 0.6 is 0 Å². The Bertz CT molecular complexity index is 559. The van der Waals surface area contributed by atoms with Crippen LogP contribution in [0.1, 0.15) is 41.5 Å². The van der Waals surface area contributed by atoms with Gasteiger partial charge in [-0.25, -0.2) is 25.9 Å². The van der Waals surface area contributed by atoms with E-state index in [1.807, 2.05) is 41.5 Å². The lowest BCUT2D eigenvalue weighted by atomic mass is 10.1. The lowest BCUT2D eigenvalue weighted by Crippen LogP contribution is -2.41. The third-order valence-corrected chi connectivity index (χ3v) is 5.28. The molecule has 0 radical (unpaired) electrons. The molecule has 0 heterocycles.